The lowest BCUT2D eigenvalue weighted by Crippen LogP contribution is -2.22. The van der Waals surface area contributed by atoms with Gasteiger partial charge >= 0.3 is 0 Å². The molecule has 0 N–H and O–H groups in total. The van der Waals surface area contributed by atoms with Gasteiger partial charge in [0.2, 0.25) is 0 Å². The molecule has 174 valence electrons. The molecule has 0 aliphatic rings. The van der Waals surface area contributed by atoms with Crippen molar-refractivity contribution < 1.29 is 0 Å². The molecule has 5 nitrogen and oxygen atoms in total. The number of para-hydroxylation sites is 1. The number of halogens is 1. The van der Waals surface area contributed by atoms with E-state index in [1.165, 1.54) is 0 Å². The summed E-state index contributed by atoms with van der Waals surface area (Å²) in [5.41, 5.74) is 5.77. The van der Waals surface area contributed by atoms with Gasteiger partial charge in [0, 0.05) is 10.0 Å². The molecular weight excluding hydrogens is 512 g/mol. The van der Waals surface area contributed by atoms with Gasteiger partial charge in [0.1, 0.15) is 5.69 Å². The zero-order valence-electron chi connectivity index (χ0n) is 19.5. The lowest BCUT2D eigenvalue weighted by molar-refractivity contribution is 0.865. The molecule has 6 heteroatoms. The van der Waals surface area contributed by atoms with Crippen molar-refractivity contribution in [1.29, 1.82) is 0 Å². The number of hydrogen-bond donors (Lipinski definition) is 0. The van der Waals surface area contributed by atoms with Crippen LogP contribution in [-0.4, -0.2) is 19.3 Å². The molecule has 0 spiro atoms. The third kappa shape index (κ3) is 3.95. The number of nitrogens with zero attached hydrogens (tertiary/aromatic N) is 4. The summed E-state index contributed by atoms with van der Waals surface area (Å²) in [5, 5.41) is 5.53. The first kappa shape index (κ1) is 22.2. The number of hydrogen-bond acceptors (Lipinski definition) is 3. The number of rotatable bonds is 4. The Kier molecular flexibility index (Phi) is 5.58. The van der Waals surface area contributed by atoms with E-state index in [4.69, 9.17) is 10.1 Å². The summed E-state index contributed by atoms with van der Waals surface area (Å²) in [6.07, 6.45) is 0. The van der Waals surface area contributed by atoms with E-state index < -0.39 is 0 Å². The molecule has 0 aliphatic heterocycles. The zero-order chi connectivity index (χ0) is 24.6. The zero-order valence-corrected chi connectivity index (χ0v) is 21.1. The van der Waals surface area contributed by atoms with Crippen LogP contribution in [0.5, 0.6) is 0 Å². The van der Waals surface area contributed by atoms with Gasteiger partial charge in [-0.1, -0.05) is 76.1 Å². The van der Waals surface area contributed by atoms with Crippen LogP contribution < -0.4 is 5.56 Å². The fourth-order valence-corrected chi connectivity index (χ4v) is 4.57. The summed E-state index contributed by atoms with van der Waals surface area (Å²) >= 11 is 3.52. The highest BCUT2D eigenvalue weighted by Gasteiger charge is 2.21. The average molecular weight is 533 g/mol. The van der Waals surface area contributed by atoms with Crippen molar-refractivity contribution in [3.63, 3.8) is 0 Å². The summed E-state index contributed by atoms with van der Waals surface area (Å²) in [4.78, 5) is 18.9. The second-order valence-electron chi connectivity index (χ2n) is 8.60. The molecule has 36 heavy (non-hydrogen) atoms. The first-order chi connectivity index (χ1) is 17.6. The van der Waals surface area contributed by atoms with Crippen LogP contribution in [0, 0.1) is 6.92 Å². The number of aryl methyl sites for hydroxylation is 1. The van der Waals surface area contributed by atoms with Gasteiger partial charge in [-0.3, -0.25) is 9.36 Å². The third-order valence-corrected chi connectivity index (χ3v) is 6.68. The van der Waals surface area contributed by atoms with Gasteiger partial charge in [-0.05, 0) is 61.5 Å². The molecule has 0 amide bonds. The average Bonchev–Trinajstić information content (AvgIpc) is 3.36. The lowest BCUT2D eigenvalue weighted by atomic mass is 10.1. The van der Waals surface area contributed by atoms with Gasteiger partial charge in [0.05, 0.1) is 28.0 Å². The SMILES string of the molecule is Cc1ccc(-n2c(-c3cc(-c4ccccc4)nn3-c3ccc(Br)cc3)nc3ccccc3c2=O)cc1. The Morgan fingerprint density at radius 3 is 2.17 bits per heavy atom. The van der Waals surface area contributed by atoms with Crippen LogP contribution in [-0.2, 0) is 0 Å². The predicted octanol–water partition coefficient (Wildman–Crippen LogP) is 6.98. The van der Waals surface area contributed by atoms with E-state index in [0.717, 1.165) is 38.4 Å². The van der Waals surface area contributed by atoms with Crippen molar-refractivity contribution in [3.05, 3.63) is 130 Å². The molecule has 0 fully saturated rings. The van der Waals surface area contributed by atoms with Gasteiger partial charge in [-0.15, -0.1) is 0 Å². The highest BCUT2D eigenvalue weighted by Crippen LogP contribution is 2.30. The highest BCUT2D eigenvalue weighted by molar-refractivity contribution is 9.10. The van der Waals surface area contributed by atoms with Crippen LogP contribution in [0.15, 0.2) is 118 Å². The topological polar surface area (TPSA) is 52.7 Å². The van der Waals surface area contributed by atoms with E-state index in [-0.39, 0.29) is 5.56 Å². The quantitative estimate of drug-likeness (QED) is 0.246. The maximum absolute atomic E-state index is 13.9. The molecule has 6 rings (SSSR count). The van der Waals surface area contributed by atoms with E-state index in [2.05, 4.69) is 15.9 Å². The Morgan fingerprint density at radius 1 is 0.750 bits per heavy atom. The Balaban J connectivity index is 1.69. The lowest BCUT2D eigenvalue weighted by Gasteiger charge is -2.15. The Hall–Kier alpha value is -4.29. The second-order valence-corrected chi connectivity index (χ2v) is 9.51. The van der Waals surface area contributed by atoms with Gasteiger partial charge in [0.25, 0.3) is 5.56 Å². The monoisotopic (exact) mass is 532 g/mol. The molecule has 2 aromatic heterocycles. The normalized spacial score (nSPS) is 11.2. The minimum Gasteiger partial charge on any atom is -0.268 e. The van der Waals surface area contributed by atoms with E-state index in [1.807, 2.05) is 121 Å². The van der Waals surface area contributed by atoms with Crippen LogP contribution >= 0.6 is 15.9 Å². The fraction of sp³-hybridized carbons (Fsp3) is 0.0333. The Bertz CT molecular complexity index is 1750. The van der Waals surface area contributed by atoms with Crippen molar-refractivity contribution in [2.45, 2.75) is 6.92 Å². The first-order valence-corrected chi connectivity index (χ1v) is 12.4. The first-order valence-electron chi connectivity index (χ1n) is 11.6. The molecule has 0 saturated carbocycles. The predicted molar refractivity (Wildman–Crippen MR) is 148 cm³/mol. The van der Waals surface area contributed by atoms with Gasteiger partial charge in [-0.2, -0.15) is 5.10 Å². The number of benzene rings is 4. The third-order valence-electron chi connectivity index (χ3n) is 6.15. The molecular formula is C30H21BrN4O. The maximum Gasteiger partial charge on any atom is 0.266 e. The molecule has 0 aliphatic carbocycles. The molecule has 4 aromatic carbocycles. The van der Waals surface area contributed by atoms with E-state index >= 15 is 0 Å². The van der Waals surface area contributed by atoms with Gasteiger partial charge in [-0.25, -0.2) is 9.67 Å². The number of aromatic nitrogens is 4. The van der Waals surface area contributed by atoms with E-state index in [1.54, 1.807) is 4.57 Å². The summed E-state index contributed by atoms with van der Waals surface area (Å²) < 4.78 is 4.52. The Morgan fingerprint density at radius 2 is 1.42 bits per heavy atom. The Labute approximate surface area is 216 Å². The van der Waals surface area contributed by atoms with E-state index in [0.29, 0.717) is 16.7 Å². The smallest absolute Gasteiger partial charge is 0.266 e. The summed E-state index contributed by atoms with van der Waals surface area (Å²) in [6.45, 7) is 2.03. The van der Waals surface area contributed by atoms with Gasteiger partial charge in [0.15, 0.2) is 5.82 Å². The molecule has 0 radical (unpaired) electrons. The van der Waals surface area contributed by atoms with Crippen molar-refractivity contribution in [2.24, 2.45) is 0 Å². The number of fused-ring (bicyclic) bond motifs is 1. The van der Waals surface area contributed by atoms with Crippen molar-refractivity contribution in [1.82, 2.24) is 19.3 Å². The van der Waals surface area contributed by atoms with Crippen LogP contribution in [0.2, 0.25) is 0 Å². The second kappa shape index (κ2) is 9.06. The van der Waals surface area contributed by atoms with Crippen molar-refractivity contribution in [2.75, 3.05) is 0 Å². The highest BCUT2D eigenvalue weighted by atomic mass is 79.9. The molecule has 0 atom stereocenters. The molecule has 0 unspecified atom stereocenters. The van der Waals surface area contributed by atoms with Crippen LogP contribution in [0.3, 0.4) is 0 Å². The minimum atomic E-state index is -0.121. The molecule has 2 heterocycles. The van der Waals surface area contributed by atoms with Crippen LogP contribution in [0.25, 0.3) is 45.1 Å². The summed E-state index contributed by atoms with van der Waals surface area (Å²) in [7, 11) is 0. The fourth-order valence-electron chi connectivity index (χ4n) is 4.31. The summed E-state index contributed by atoms with van der Waals surface area (Å²) in [6, 6.07) is 35.3. The largest absolute Gasteiger partial charge is 0.268 e. The molecule has 0 saturated heterocycles. The molecule has 0 bridgehead atoms. The summed E-state index contributed by atoms with van der Waals surface area (Å²) in [5.74, 6) is 0.528. The van der Waals surface area contributed by atoms with Gasteiger partial charge < -0.3 is 0 Å². The van der Waals surface area contributed by atoms with Crippen molar-refractivity contribution >= 4 is 26.8 Å². The van der Waals surface area contributed by atoms with Crippen molar-refractivity contribution in [3.8, 4) is 34.2 Å². The van der Waals surface area contributed by atoms with E-state index in [9.17, 15) is 4.79 Å². The maximum atomic E-state index is 13.9. The van der Waals surface area contributed by atoms with Crippen LogP contribution in [0.1, 0.15) is 5.56 Å². The minimum absolute atomic E-state index is 0.121. The van der Waals surface area contributed by atoms with Crippen LogP contribution in [0.4, 0.5) is 0 Å². The standard InChI is InChI=1S/C30H21BrN4O/c1-20-11-15-23(16-12-20)34-29(32-26-10-6-5-9-25(26)30(34)36)28-19-27(21-7-3-2-4-8-21)33-35(28)24-17-13-22(31)14-18-24/h2-19H,1H3. The molecule has 6 aromatic rings.